The Kier molecular flexibility index (Phi) is 2.52. The number of amides is 2. The fraction of sp³-hybridized carbons (Fsp3) is 0.462. The van der Waals surface area contributed by atoms with Gasteiger partial charge in [-0.25, -0.2) is 14.0 Å². The van der Waals surface area contributed by atoms with Crippen LogP contribution in [0.15, 0.2) is 30.3 Å². The number of hydrogen-bond donors (Lipinski definition) is 1. The molecule has 0 radical (unpaired) electrons. The van der Waals surface area contributed by atoms with Crippen molar-refractivity contribution in [3.8, 4) is 0 Å². The van der Waals surface area contributed by atoms with Crippen LogP contribution in [0.2, 0.25) is 0 Å². The number of hydroxylamine groups is 2. The molecule has 1 aromatic carbocycles. The number of carbonyl (C=O) groups excluding carboxylic acids is 1. The average molecular weight is 250 g/mol. The van der Waals surface area contributed by atoms with E-state index in [1.165, 1.54) is 5.06 Å². The third kappa shape index (κ3) is 2.18. The Labute approximate surface area is 105 Å². The zero-order chi connectivity index (χ0) is 12.8. The first-order chi connectivity index (χ1) is 8.55. The van der Waals surface area contributed by atoms with Gasteiger partial charge < -0.3 is 5.32 Å². The number of benzene rings is 1. The van der Waals surface area contributed by atoms with Crippen molar-refractivity contribution in [1.82, 2.24) is 10.4 Å². The summed E-state index contributed by atoms with van der Waals surface area (Å²) < 4.78 is 13.3. The molecule has 2 fully saturated rings. The van der Waals surface area contributed by atoms with Crippen molar-refractivity contribution in [1.29, 1.82) is 0 Å². The minimum absolute atomic E-state index is 0.0758. The third-order valence-corrected chi connectivity index (χ3v) is 3.34. The number of nitrogens with one attached hydrogen (secondary N) is 1. The van der Waals surface area contributed by atoms with Crippen LogP contribution in [-0.2, 0) is 4.84 Å². The van der Waals surface area contributed by atoms with Crippen molar-refractivity contribution in [3.05, 3.63) is 35.9 Å². The lowest BCUT2D eigenvalue weighted by atomic mass is 9.79. The summed E-state index contributed by atoms with van der Waals surface area (Å²) in [5.74, 6) is 0. The fourth-order valence-corrected chi connectivity index (χ4v) is 2.36. The van der Waals surface area contributed by atoms with Crippen molar-refractivity contribution in [3.63, 3.8) is 0 Å². The zero-order valence-electron chi connectivity index (χ0n) is 10.1. The van der Waals surface area contributed by atoms with Gasteiger partial charge in [-0.2, -0.15) is 5.06 Å². The molecule has 0 aromatic heterocycles. The summed E-state index contributed by atoms with van der Waals surface area (Å²) >= 11 is 0. The summed E-state index contributed by atoms with van der Waals surface area (Å²) in [4.78, 5) is 17.0. The molecular weight excluding hydrogens is 235 g/mol. The monoisotopic (exact) mass is 250 g/mol. The number of hydrogen-bond acceptors (Lipinski definition) is 2. The number of urea groups is 1. The molecule has 1 unspecified atom stereocenters. The number of rotatable bonds is 2. The molecule has 1 aliphatic heterocycles. The summed E-state index contributed by atoms with van der Waals surface area (Å²) in [6, 6.07) is 9.14. The highest BCUT2D eigenvalue weighted by molar-refractivity contribution is 5.75. The highest BCUT2D eigenvalue weighted by atomic mass is 19.1. The highest BCUT2D eigenvalue weighted by Crippen LogP contribution is 2.39. The van der Waals surface area contributed by atoms with E-state index >= 15 is 0 Å². The first-order valence-electron chi connectivity index (χ1n) is 6.05. The van der Waals surface area contributed by atoms with Crippen molar-refractivity contribution in [2.45, 2.75) is 37.7 Å². The van der Waals surface area contributed by atoms with E-state index in [1.807, 2.05) is 30.3 Å². The first kappa shape index (κ1) is 11.5. The zero-order valence-corrected chi connectivity index (χ0v) is 10.1. The van der Waals surface area contributed by atoms with Crippen LogP contribution in [0.3, 0.4) is 0 Å². The second-order valence-corrected chi connectivity index (χ2v) is 5.16. The highest BCUT2D eigenvalue weighted by Gasteiger charge is 2.46. The molecular formula is C13H15FN2O2. The predicted molar refractivity (Wildman–Crippen MR) is 63.2 cm³/mol. The van der Waals surface area contributed by atoms with Gasteiger partial charge in [-0.15, -0.1) is 0 Å². The lowest BCUT2D eigenvalue weighted by Crippen LogP contribution is -2.52. The van der Waals surface area contributed by atoms with Gasteiger partial charge in [-0.1, -0.05) is 30.3 Å². The second kappa shape index (κ2) is 3.95. The molecule has 1 atom stereocenters. The minimum Gasteiger partial charge on any atom is -0.333 e. The molecule has 5 heteroatoms. The molecule has 2 aliphatic rings. The van der Waals surface area contributed by atoms with Crippen LogP contribution in [0.25, 0.3) is 0 Å². The van der Waals surface area contributed by atoms with Gasteiger partial charge in [0.15, 0.2) is 0 Å². The van der Waals surface area contributed by atoms with E-state index in [9.17, 15) is 9.18 Å². The Morgan fingerprint density at radius 1 is 1.44 bits per heavy atom. The SMILES string of the molecule is CC1(F)CC(NC(=O)N2OC2c2ccccc2)C1. The summed E-state index contributed by atoms with van der Waals surface area (Å²) in [6.45, 7) is 1.55. The van der Waals surface area contributed by atoms with Gasteiger partial charge in [0.1, 0.15) is 5.67 Å². The van der Waals surface area contributed by atoms with Gasteiger partial charge in [-0.05, 0) is 6.92 Å². The van der Waals surface area contributed by atoms with Crippen LogP contribution in [0, 0.1) is 0 Å². The summed E-state index contributed by atoms with van der Waals surface area (Å²) in [7, 11) is 0. The molecule has 1 heterocycles. The van der Waals surface area contributed by atoms with Crippen LogP contribution in [0.4, 0.5) is 9.18 Å². The summed E-state index contributed by atoms with van der Waals surface area (Å²) in [6.07, 6.45) is 0.452. The Hall–Kier alpha value is -1.62. The van der Waals surface area contributed by atoms with Crippen molar-refractivity contribution >= 4 is 6.03 Å². The molecule has 1 aromatic rings. The molecule has 1 saturated carbocycles. The standard InChI is InChI=1S/C13H15FN2O2/c1-13(14)7-10(8-13)15-12(17)16-11(18-16)9-5-3-2-4-6-9/h2-6,10-11H,7-8H2,1H3,(H,15,17). The molecule has 18 heavy (non-hydrogen) atoms. The van der Waals surface area contributed by atoms with E-state index in [-0.39, 0.29) is 18.3 Å². The van der Waals surface area contributed by atoms with Crippen molar-refractivity contribution < 1.29 is 14.0 Å². The Morgan fingerprint density at radius 2 is 2.11 bits per heavy atom. The molecule has 1 aliphatic carbocycles. The van der Waals surface area contributed by atoms with E-state index in [0.717, 1.165) is 5.56 Å². The van der Waals surface area contributed by atoms with Gasteiger partial charge in [0.05, 0.1) is 0 Å². The maximum atomic E-state index is 13.3. The Morgan fingerprint density at radius 3 is 2.72 bits per heavy atom. The topological polar surface area (TPSA) is 44.6 Å². The van der Waals surface area contributed by atoms with Gasteiger partial charge in [0.2, 0.25) is 6.23 Å². The van der Waals surface area contributed by atoms with Gasteiger partial charge in [0.25, 0.3) is 0 Å². The molecule has 0 spiro atoms. The van der Waals surface area contributed by atoms with Crippen LogP contribution in [0.5, 0.6) is 0 Å². The van der Waals surface area contributed by atoms with E-state index in [4.69, 9.17) is 4.84 Å². The van der Waals surface area contributed by atoms with E-state index < -0.39 is 5.67 Å². The maximum absolute atomic E-state index is 13.3. The Balaban J connectivity index is 1.51. The fourth-order valence-electron chi connectivity index (χ4n) is 2.36. The lowest BCUT2D eigenvalue weighted by molar-refractivity contribution is 0.0491. The second-order valence-electron chi connectivity index (χ2n) is 5.16. The summed E-state index contributed by atoms with van der Waals surface area (Å²) in [5.41, 5.74) is -0.187. The van der Waals surface area contributed by atoms with E-state index in [1.54, 1.807) is 6.92 Å². The molecule has 4 nitrogen and oxygen atoms in total. The van der Waals surface area contributed by atoms with Crippen LogP contribution in [-0.4, -0.2) is 22.8 Å². The number of carbonyl (C=O) groups is 1. The number of alkyl halides is 1. The number of halogens is 1. The molecule has 1 N–H and O–H groups in total. The van der Waals surface area contributed by atoms with Crippen LogP contribution >= 0.6 is 0 Å². The molecule has 96 valence electrons. The molecule has 2 amide bonds. The molecule has 3 rings (SSSR count). The quantitative estimate of drug-likeness (QED) is 0.820. The van der Waals surface area contributed by atoms with Gasteiger partial charge in [-0.3, -0.25) is 0 Å². The van der Waals surface area contributed by atoms with E-state index in [0.29, 0.717) is 12.8 Å². The maximum Gasteiger partial charge on any atom is 0.344 e. The Bertz CT molecular complexity index is 455. The smallest absolute Gasteiger partial charge is 0.333 e. The largest absolute Gasteiger partial charge is 0.344 e. The average Bonchev–Trinajstić information content (AvgIpc) is 3.07. The van der Waals surface area contributed by atoms with Crippen LogP contribution < -0.4 is 5.32 Å². The van der Waals surface area contributed by atoms with Gasteiger partial charge in [0, 0.05) is 24.4 Å². The molecule has 0 bridgehead atoms. The van der Waals surface area contributed by atoms with Gasteiger partial charge >= 0.3 is 6.03 Å². The normalized spacial score (nSPS) is 33.8. The minimum atomic E-state index is -1.13. The summed E-state index contributed by atoms with van der Waals surface area (Å²) in [5, 5.41) is 4.04. The first-order valence-corrected chi connectivity index (χ1v) is 6.05. The predicted octanol–water partition coefficient (Wildman–Crippen LogP) is 2.53. The van der Waals surface area contributed by atoms with Crippen LogP contribution in [0.1, 0.15) is 31.6 Å². The van der Waals surface area contributed by atoms with E-state index in [2.05, 4.69) is 5.32 Å². The third-order valence-electron chi connectivity index (χ3n) is 3.34. The lowest BCUT2D eigenvalue weighted by Gasteiger charge is -2.38. The van der Waals surface area contributed by atoms with Crippen molar-refractivity contribution in [2.75, 3.05) is 0 Å². The molecule has 1 saturated heterocycles. The van der Waals surface area contributed by atoms with Crippen molar-refractivity contribution in [2.24, 2.45) is 0 Å². The number of nitrogens with zero attached hydrogens (tertiary/aromatic N) is 1.